The van der Waals surface area contributed by atoms with Crippen LogP contribution in [0.3, 0.4) is 0 Å². The number of nitrogens with one attached hydrogen (secondary N) is 1. The molecule has 0 atom stereocenters. The third kappa shape index (κ3) is 3.43. The Balaban J connectivity index is 1.45. The van der Waals surface area contributed by atoms with Crippen LogP contribution in [0, 0.1) is 0 Å². The molecule has 1 saturated carbocycles. The monoisotopic (exact) mass is 277 g/mol. The van der Waals surface area contributed by atoms with Crippen molar-refractivity contribution in [1.29, 1.82) is 0 Å². The van der Waals surface area contributed by atoms with Gasteiger partial charge < -0.3 is 9.73 Å². The van der Waals surface area contributed by atoms with Crippen LogP contribution < -0.4 is 5.32 Å². The molecule has 0 bridgehead atoms. The van der Waals surface area contributed by atoms with Gasteiger partial charge in [-0.05, 0) is 26.0 Å². The fourth-order valence-corrected chi connectivity index (χ4v) is 3.58. The molecule has 0 amide bonds. The van der Waals surface area contributed by atoms with Gasteiger partial charge in [-0.1, -0.05) is 12.8 Å². The molecule has 0 aromatic carbocycles. The molecule has 1 aromatic heterocycles. The average Bonchev–Trinajstić information content (AvgIpc) is 3.12. The summed E-state index contributed by atoms with van der Waals surface area (Å²) in [5.74, 6) is 1.10. The van der Waals surface area contributed by atoms with Gasteiger partial charge in [0.05, 0.1) is 12.8 Å². The standard InChI is InChI=1S/C16H27N3O/c1-17-11-14-10-16(20-13-14)12-18-6-8-19(9-7-18)15-4-2-3-5-15/h10,13,15,17H,2-9,11-12H2,1H3. The van der Waals surface area contributed by atoms with Crippen molar-refractivity contribution in [2.75, 3.05) is 33.2 Å². The van der Waals surface area contributed by atoms with Crippen molar-refractivity contribution >= 4 is 0 Å². The Morgan fingerprint density at radius 2 is 1.95 bits per heavy atom. The van der Waals surface area contributed by atoms with Crippen LogP contribution in [0.25, 0.3) is 0 Å². The normalized spacial score (nSPS) is 22.6. The first kappa shape index (κ1) is 14.1. The minimum atomic E-state index is 0.878. The highest BCUT2D eigenvalue weighted by Gasteiger charge is 2.26. The van der Waals surface area contributed by atoms with Gasteiger partial charge in [0.15, 0.2) is 0 Å². The van der Waals surface area contributed by atoms with Gasteiger partial charge in [0, 0.05) is 44.3 Å². The second-order valence-corrected chi connectivity index (χ2v) is 6.20. The summed E-state index contributed by atoms with van der Waals surface area (Å²) < 4.78 is 5.65. The molecule has 0 spiro atoms. The van der Waals surface area contributed by atoms with Crippen molar-refractivity contribution in [2.24, 2.45) is 0 Å². The van der Waals surface area contributed by atoms with E-state index in [1.807, 2.05) is 13.3 Å². The zero-order valence-electron chi connectivity index (χ0n) is 12.6. The number of hydrogen-bond donors (Lipinski definition) is 1. The zero-order valence-corrected chi connectivity index (χ0v) is 12.6. The predicted octanol–water partition coefficient (Wildman–Crippen LogP) is 2.06. The van der Waals surface area contributed by atoms with E-state index in [0.717, 1.165) is 24.9 Å². The summed E-state index contributed by atoms with van der Waals surface area (Å²) in [4.78, 5) is 5.23. The summed E-state index contributed by atoms with van der Waals surface area (Å²) in [5, 5.41) is 3.16. The van der Waals surface area contributed by atoms with Gasteiger partial charge in [-0.25, -0.2) is 0 Å². The lowest BCUT2D eigenvalue weighted by Gasteiger charge is -2.37. The van der Waals surface area contributed by atoms with Crippen molar-refractivity contribution < 1.29 is 4.42 Å². The van der Waals surface area contributed by atoms with Gasteiger partial charge in [0.25, 0.3) is 0 Å². The van der Waals surface area contributed by atoms with Crippen LogP contribution in [0.2, 0.25) is 0 Å². The van der Waals surface area contributed by atoms with Crippen LogP contribution in [0.15, 0.2) is 16.7 Å². The van der Waals surface area contributed by atoms with E-state index in [1.165, 1.54) is 57.4 Å². The summed E-state index contributed by atoms with van der Waals surface area (Å²) in [7, 11) is 1.97. The van der Waals surface area contributed by atoms with E-state index in [0.29, 0.717) is 0 Å². The average molecular weight is 277 g/mol. The Morgan fingerprint density at radius 3 is 2.65 bits per heavy atom. The van der Waals surface area contributed by atoms with Crippen molar-refractivity contribution in [2.45, 2.75) is 44.8 Å². The smallest absolute Gasteiger partial charge is 0.118 e. The maximum absolute atomic E-state index is 5.65. The minimum absolute atomic E-state index is 0.878. The van der Waals surface area contributed by atoms with E-state index < -0.39 is 0 Å². The predicted molar refractivity (Wildman–Crippen MR) is 80.6 cm³/mol. The minimum Gasteiger partial charge on any atom is -0.468 e. The molecule has 2 heterocycles. The Hall–Kier alpha value is -0.840. The first-order valence-corrected chi connectivity index (χ1v) is 8.02. The number of nitrogens with zero attached hydrogens (tertiary/aromatic N) is 2. The van der Waals surface area contributed by atoms with E-state index in [-0.39, 0.29) is 0 Å². The molecule has 2 fully saturated rings. The fourth-order valence-electron chi connectivity index (χ4n) is 3.58. The van der Waals surface area contributed by atoms with Crippen LogP contribution in [0.5, 0.6) is 0 Å². The fraction of sp³-hybridized carbons (Fsp3) is 0.750. The van der Waals surface area contributed by atoms with E-state index in [1.54, 1.807) is 0 Å². The second-order valence-electron chi connectivity index (χ2n) is 6.20. The Kier molecular flexibility index (Phi) is 4.76. The molecular weight excluding hydrogens is 250 g/mol. The Labute approximate surface area is 122 Å². The molecular formula is C16H27N3O. The second kappa shape index (κ2) is 6.74. The maximum atomic E-state index is 5.65. The molecule has 1 aromatic rings. The lowest BCUT2D eigenvalue weighted by atomic mass is 10.2. The third-order valence-electron chi connectivity index (χ3n) is 4.72. The molecule has 3 rings (SSSR count). The highest BCUT2D eigenvalue weighted by Crippen LogP contribution is 2.24. The topological polar surface area (TPSA) is 31.7 Å². The molecule has 4 nitrogen and oxygen atoms in total. The van der Waals surface area contributed by atoms with Gasteiger partial charge in [-0.2, -0.15) is 0 Å². The largest absolute Gasteiger partial charge is 0.468 e. The lowest BCUT2D eigenvalue weighted by molar-refractivity contribution is 0.0894. The highest BCUT2D eigenvalue weighted by atomic mass is 16.3. The number of hydrogen-bond acceptors (Lipinski definition) is 4. The Bertz CT molecular complexity index is 404. The molecule has 1 saturated heterocycles. The molecule has 20 heavy (non-hydrogen) atoms. The SMILES string of the molecule is CNCc1coc(CN2CCN(C3CCCC3)CC2)c1. The van der Waals surface area contributed by atoms with Gasteiger partial charge in [0.2, 0.25) is 0 Å². The van der Waals surface area contributed by atoms with E-state index in [2.05, 4.69) is 21.2 Å². The molecule has 1 N–H and O–H groups in total. The van der Waals surface area contributed by atoms with Crippen LogP contribution in [0.4, 0.5) is 0 Å². The van der Waals surface area contributed by atoms with Crippen LogP contribution >= 0.6 is 0 Å². The van der Waals surface area contributed by atoms with Gasteiger partial charge in [-0.3, -0.25) is 9.80 Å². The number of piperazine rings is 1. The molecule has 112 valence electrons. The van der Waals surface area contributed by atoms with Gasteiger partial charge >= 0.3 is 0 Å². The zero-order chi connectivity index (χ0) is 13.8. The first-order valence-electron chi connectivity index (χ1n) is 8.02. The van der Waals surface area contributed by atoms with Crippen LogP contribution in [-0.2, 0) is 13.1 Å². The highest BCUT2D eigenvalue weighted by molar-refractivity contribution is 5.12. The van der Waals surface area contributed by atoms with Crippen molar-refractivity contribution in [1.82, 2.24) is 15.1 Å². The maximum Gasteiger partial charge on any atom is 0.118 e. The van der Waals surface area contributed by atoms with E-state index in [9.17, 15) is 0 Å². The molecule has 0 unspecified atom stereocenters. The van der Waals surface area contributed by atoms with Crippen LogP contribution in [-0.4, -0.2) is 49.1 Å². The van der Waals surface area contributed by atoms with Gasteiger partial charge in [-0.15, -0.1) is 0 Å². The van der Waals surface area contributed by atoms with Crippen molar-refractivity contribution in [3.63, 3.8) is 0 Å². The third-order valence-corrected chi connectivity index (χ3v) is 4.72. The van der Waals surface area contributed by atoms with Crippen molar-refractivity contribution in [3.05, 3.63) is 23.7 Å². The summed E-state index contributed by atoms with van der Waals surface area (Å²) in [6, 6.07) is 3.06. The van der Waals surface area contributed by atoms with E-state index in [4.69, 9.17) is 4.42 Å². The number of furan rings is 1. The molecule has 1 aliphatic heterocycles. The Morgan fingerprint density at radius 1 is 1.20 bits per heavy atom. The molecule has 1 aliphatic carbocycles. The summed E-state index contributed by atoms with van der Waals surface area (Å²) in [6.07, 6.45) is 7.59. The molecule has 0 radical (unpaired) electrons. The number of rotatable bonds is 5. The van der Waals surface area contributed by atoms with E-state index >= 15 is 0 Å². The molecule has 2 aliphatic rings. The summed E-state index contributed by atoms with van der Waals surface area (Å²) >= 11 is 0. The van der Waals surface area contributed by atoms with Gasteiger partial charge in [0.1, 0.15) is 5.76 Å². The molecule has 4 heteroatoms. The summed E-state index contributed by atoms with van der Waals surface area (Å²) in [5.41, 5.74) is 1.24. The van der Waals surface area contributed by atoms with Crippen LogP contribution in [0.1, 0.15) is 37.0 Å². The lowest BCUT2D eigenvalue weighted by Crippen LogP contribution is -2.49. The summed E-state index contributed by atoms with van der Waals surface area (Å²) in [6.45, 7) is 6.67. The van der Waals surface area contributed by atoms with Crippen molar-refractivity contribution in [3.8, 4) is 0 Å². The first-order chi connectivity index (χ1) is 9.85. The quantitative estimate of drug-likeness (QED) is 0.893.